The van der Waals surface area contributed by atoms with E-state index >= 15 is 0 Å². The minimum Gasteiger partial charge on any atom is -0.288 e. The number of pyridine rings is 1. The lowest BCUT2D eigenvalue weighted by Gasteiger charge is -2.16. The largest absolute Gasteiger partial charge is 0.288 e. The van der Waals surface area contributed by atoms with Crippen LogP contribution in [0.25, 0.3) is 27.7 Å². The molecule has 0 radical (unpaired) electrons. The van der Waals surface area contributed by atoms with Gasteiger partial charge in [-0.2, -0.15) is 0 Å². The Morgan fingerprint density at radius 2 is 1.77 bits per heavy atom. The van der Waals surface area contributed by atoms with Gasteiger partial charge < -0.3 is 0 Å². The normalized spacial score (nSPS) is 10.8. The maximum atomic E-state index is 12.5. The van der Waals surface area contributed by atoms with E-state index in [1.807, 2.05) is 82.3 Å². The zero-order chi connectivity index (χ0) is 23.0. The number of aryl methyl sites for hydroxylation is 1. The van der Waals surface area contributed by atoms with Gasteiger partial charge >= 0.3 is 0 Å². The minimum absolute atomic E-state index is 0.470. The fourth-order valence-electron chi connectivity index (χ4n) is 3.54. The van der Waals surface area contributed by atoms with E-state index in [0.29, 0.717) is 12.0 Å². The van der Waals surface area contributed by atoms with Gasteiger partial charge in [-0.05, 0) is 56.0 Å². The van der Waals surface area contributed by atoms with E-state index in [1.165, 1.54) is 0 Å². The summed E-state index contributed by atoms with van der Waals surface area (Å²) in [7, 11) is 0. The van der Waals surface area contributed by atoms with Crippen molar-refractivity contribution in [2.75, 3.05) is 0 Å². The van der Waals surface area contributed by atoms with Crippen LogP contribution in [0.15, 0.2) is 73.9 Å². The Kier molecular flexibility index (Phi) is 8.47. The molecule has 1 heterocycles. The van der Waals surface area contributed by atoms with Crippen molar-refractivity contribution in [2.24, 2.45) is 0 Å². The molecule has 0 aliphatic heterocycles. The zero-order valence-corrected chi connectivity index (χ0v) is 18.7. The second-order valence-corrected chi connectivity index (χ2v) is 7.06. The van der Waals surface area contributed by atoms with Crippen molar-refractivity contribution in [3.8, 4) is 11.3 Å². The van der Waals surface area contributed by atoms with E-state index in [0.717, 1.165) is 44.4 Å². The Morgan fingerprint density at radius 1 is 1.13 bits per heavy atom. The van der Waals surface area contributed by atoms with Crippen LogP contribution in [0.2, 0.25) is 0 Å². The zero-order valence-electron chi connectivity index (χ0n) is 18.7. The number of nitrogens with zero attached hydrogens (tertiary/aromatic N) is 1. The second kappa shape index (κ2) is 11.0. The van der Waals surface area contributed by atoms with Crippen LogP contribution in [0.3, 0.4) is 0 Å². The molecule has 160 valence electrons. The number of carbonyl (C=O) groups excluding carboxylic acids is 1. The van der Waals surface area contributed by atoms with Crippen LogP contribution in [-0.2, 0) is 6.42 Å². The summed E-state index contributed by atoms with van der Waals surface area (Å²) >= 11 is 0. The summed E-state index contributed by atoms with van der Waals surface area (Å²) in [5.41, 5.74) is 8.65. The number of rotatable bonds is 5. The third-order valence-corrected chi connectivity index (χ3v) is 4.95. The Bertz CT molecular complexity index is 1130. The van der Waals surface area contributed by atoms with Crippen LogP contribution in [0.4, 0.5) is 0 Å². The van der Waals surface area contributed by atoms with Gasteiger partial charge in [0, 0.05) is 10.9 Å². The molecule has 0 saturated carbocycles. The van der Waals surface area contributed by atoms with Crippen molar-refractivity contribution in [3.63, 3.8) is 0 Å². The SMILES string of the molecule is C=C/C(=C\C)c1ccc(-c2nc3ccc(C)cc3c(C(=O)NO)c2CC)cc1.C=CC. The third kappa shape index (κ3) is 5.16. The first kappa shape index (κ1) is 23.8. The average molecular weight is 415 g/mol. The van der Waals surface area contributed by atoms with E-state index in [-0.39, 0.29) is 0 Å². The number of benzene rings is 2. The van der Waals surface area contributed by atoms with Gasteiger partial charge in [0.05, 0.1) is 16.8 Å². The number of allylic oxidation sites excluding steroid dienone is 4. The average Bonchev–Trinajstić information content (AvgIpc) is 2.79. The Balaban J connectivity index is 0.00000107. The molecular formula is C27H30N2O2. The molecule has 0 unspecified atom stereocenters. The molecule has 3 aromatic rings. The molecule has 1 aromatic heterocycles. The van der Waals surface area contributed by atoms with E-state index in [9.17, 15) is 10.0 Å². The van der Waals surface area contributed by atoms with Crippen LogP contribution >= 0.6 is 0 Å². The first-order chi connectivity index (χ1) is 14.9. The molecule has 0 saturated heterocycles. The molecule has 31 heavy (non-hydrogen) atoms. The molecule has 1 amide bonds. The maximum Gasteiger partial charge on any atom is 0.275 e. The molecule has 4 heteroatoms. The summed E-state index contributed by atoms with van der Waals surface area (Å²) in [6.45, 7) is 15.0. The van der Waals surface area contributed by atoms with E-state index in [2.05, 4.69) is 13.2 Å². The predicted octanol–water partition coefficient (Wildman–Crippen LogP) is 6.67. The molecule has 3 rings (SSSR count). The highest BCUT2D eigenvalue weighted by Gasteiger charge is 2.20. The quantitative estimate of drug-likeness (QED) is 0.212. The molecule has 0 bridgehead atoms. The number of hydrogen-bond acceptors (Lipinski definition) is 3. The number of fused-ring (bicyclic) bond motifs is 1. The van der Waals surface area contributed by atoms with Gasteiger partial charge in [0.1, 0.15) is 0 Å². The molecule has 0 aliphatic carbocycles. The van der Waals surface area contributed by atoms with Crippen LogP contribution in [0, 0.1) is 6.92 Å². The van der Waals surface area contributed by atoms with Gasteiger partial charge in [0.25, 0.3) is 5.91 Å². The predicted molar refractivity (Wildman–Crippen MR) is 130 cm³/mol. The third-order valence-electron chi connectivity index (χ3n) is 4.95. The standard InChI is InChI=1S/C24H24N2O2.C3H6/c1-5-16(6-2)17-9-11-18(12-10-17)23-19(7-3)22(24(27)26-28)20-14-15(4)8-13-21(20)25-23;1-3-2/h5-6,8-14,28H,1,7H2,2-4H3,(H,26,27);3H,1H2,2H3/b16-6+;. The van der Waals surface area contributed by atoms with Crippen molar-refractivity contribution in [3.05, 3.63) is 96.1 Å². The van der Waals surface area contributed by atoms with Crippen molar-refractivity contribution in [1.29, 1.82) is 0 Å². The highest BCUT2D eigenvalue weighted by atomic mass is 16.5. The van der Waals surface area contributed by atoms with Gasteiger partial charge in [-0.3, -0.25) is 10.0 Å². The van der Waals surface area contributed by atoms with Crippen molar-refractivity contribution in [2.45, 2.75) is 34.1 Å². The summed E-state index contributed by atoms with van der Waals surface area (Å²) in [4.78, 5) is 17.4. The Morgan fingerprint density at radius 3 is 2.29 bits per heavy atom. The van der Waals surface area contributed by atoms with Gasteiger partial charge in [-0.1, -0.05) is 67.6 Å². The van der Waals surface area contributed by atoms with Gasteiger partial charge in [0.15, 0.2) is 0 Å². The number of carbonyl (C=O) groups is 1. The van der Waals surface area contributed by atoms with Crippen molar-refractivity contribution in [1.82, 2.24) is 10.5 Å². The summed E-state index contributed by atoms with van der Waals surface area (Å²) < 4.78 is 0. The minimum atomic E-state index is -0.518. The lowest BCUT2D eigenvalue weighted by atomic mass is 9.93. The number of amides is 1. The summed E-state index contributed by atoms with van der Waals surface area (Å²) in [6.07, 6.45) is 6.20. The van der Waals surface area contributed by atoms with E-state index in [1.54, 1.807) is 11.6 Å². The monoisotopic (exact) mass is 414 g/mol. The smallest absolute Gasteiger partial charge is 0.275 e. The van der Waals surface area contributed by atoms with Gasteiger partial charge in [0.2, 0.25) is 0 Å². The number of aromatic nitrogens is 1. The van der Waals surface area contributed by atoms with Crippen LogP contribution in [0.5, 0.6) is 0 Å². The molecule has 0 spiro atoms. The van der Waals surface area contributed by atoms with Crippen LogP contribution in [0.1, 0.15) is 47.8 Å². The summed E-state index contributed by atoms with van der Waals surface area (Å²) in [6, 6.07) is 13.9. The fourth-order valence-corrected chi connectivity index (χ4v) is 3.54. The first-order valence-electron chi connectivity index (χ1n) is 10.3. The molecule has 0 aliphatic rings. The lowest BCUT2D eigenvalue weighted by molar-refractivity contribution is 0.0707. The maximum absolute atomic E-state index is 12.5. The Hall–Kier alpha value is -3.50. The second-order valence-electron chi connectivity index (χ2n) is 7.06. The molecule has 4 nitrogen and oxygen atoms in total. The fraction of sp³-hybridized carbons (Fsp3) is 0.185. The topological polar surface area (TPSA) is 62.2 Å². The van der Waals surface area contributed by atoms with Crippen molar-refractivity contribution < 1.29 is 10.0 Å². The van der Waals surface area contributed by atoms with Gasteiger partial charge in [-0.25, -0.2) is 10.5 Å². The summed E-state index contributed by atoms with van der Waals surface area (Å²) in [5, 5.41) is 10.1. The van der Waals surface area contributed by atoms with E-state index in [4.69, 9.17) is 4.98 Å². The highest BCUT2D eigenvalue weighted by molar-refractivity contribution is 6.08. The first-order valence-corrected chi connectivity index (χ1v) is 10.3. The lowest BCUT2D eigenvalue weighted by Crippen LogP contribution is -2.21. The van der Waals surface area contributed by atoms with E-state index < -0.39 is 5.91 Å². The molecule has 0 atom stereocenters. The molecular weight excluding hydrogens is 384 g/mol. The number of nitrogens with one attached hydrogen (secondary N) is 1. The number of hydroxylamine groups is 1. The Labute approximate surface area is 184 Å². The highest BCUT2D eigenvalue weighted by Crippen LogP contribution is 2.32. The van der Waals surface area contributed by atoms with Crippen LogP contribution in [-0.4, -0.2) is 16.1 Å². The molecule has 2 N–H and O–H groups in total. The van der Waals surface area contributed by atoms with Crippen molar-refractivity contribution >= 4 is 22.4 Å². The number of hydrogen-bond donors (Lipinski definition) is 2. The molecule has 2 aromatic carbocycles. The van der Waals surface area contributed by atoms with Crippen LogP contribution < -0.4 is 5.48 Å². The van der Waals surface area contributed by atoms with Gasteiger partial charge in [-0.15, -0.1) is 6.58 Å². The molecule has 0 fully saturated rings. The summed E-state index contributed by atoms with van der Waals surface area (Å²) in [5.74, 6) is -0.518.